The number of amides is 2. The lowest BCUT2D eigenvalue weighted by atomic mass is 10.0. The lowest BCUT2D eigenvalue weighted by molar-refractivity contribution is -0.145. The van der Waals surface area contributed by atoms with E-state index < -0.39 is 58.5 Å². The molecule has 1 heterocycles. The predicted molar refractivity (Wildman–Crippen MR) is 148 cm³/mol. The Morgan fingerprint density at radius 1 is 1.05 bits per heavy atom. The third kappa shape index (κ3) is 8.59. The zero-order valence-corrected chi connectivity index (χ0v) is 23.8. The SMILES string of the molecule is CCOC(=O)C(Nc1ccc(CNC(=O)[C@@H]2SCCN2C(=O)CC(N)Cc2cc(F)c(F)cc2F)c(F)c1)C(C)C. The van der Waals surface area contributed by atoms with Crippen LogP contribution in [0.5, 0.6) is 0 Å². The highest BCUT2D eigenvalue weighted by molar-refractivity contribution is 8.00. The second kappa shape index (κ2) is 14.5. The van der Waals surface area contributed by atoms with Crippen LogP contribution in [-0.4, -0.2) is 59.0 Å². The number of nitrogens with zero attached hydrogens (tertiary/aromatic N) is 1. The highest BCUT2D eigenvalue weighted by atomic mass is 32.2. The van der Waals surface area contributed by atoms with Gasteiger partial charge in [0.2, 0.25) is 5.91 Å². The number of rotatable bonds is 12. The third-order valence-corrected chi connectivity index (χ3v) is 7.68. The first-order chi connectivity index (χ1) is 19.4. The molecule has 3 rings (SSSR count). The average Bonchev–Trinajstić information content (AvgIpc) is 3.40. The van der Waals surface area contributed by atoms with Crippen molar-refractivity contribution < 1.29 is 36.7 Å². The smallest absolute Gasteiger partial charge is 0.328 e. The van der Waals surface area contributed by atoms with E-state index in [-0.39, 0.29) is 49.6 Å². The van der Waals surface area contributed by atoms with E-state index >= 15 is 0 Å². The first kappa shape index (κ1) is 32.2. The third-order valence-electron chi connectivity index (χ3n) is 6.48. The summed E-state index contributed by atoms with van der Waals surface area (Å²) in [5, 5.41) is 4.76. The maximum atomic E-state index is 14.8. The van der Waals surface area contributed by atoms with Crippen LogP contribution in [0, 0.1) is 29.2 Å². The summed E-state index contributed by atoms with van der Waals surface area (Å²) in [5.41, 5.74) is 6.42. The van der Waals surface area contributed by atoms with Crippen molar-refractivity contribution >= 4 is 35.2 Å². The molecule has 1 saturated heterocycles. The van der Waals surface area contributed by atoms with Crippen LogP contribution in [0.4, 0.5) is 23.2 Å². The molecule has 0 bridgehead atoms. The van der Waals surface area contributed by atoms with Crippen LogP contribution in [0.3, 0.4) is 0 Å². The van der Waals surface area contributed by atoms with Gasteiger partial charge in [0.15, 0.2) is 17.0 Å². The molecule has 2 aromatic carbocycles. The van der Waals surface area contributed by atoms with Gasteiger partial charge in [-0.3, -0.25) is 9.59 Å². The molecule has 8 nitrogen and oxygen atoms in total. The molecule has 1 fully saturated rings. The standard InChI is InChI=1S/C28H34F4N4O4S/c1-4-40-28(39)25(15(2)3)35-19-6-5-16(20(29)12-19)14-34-26(38)27-36(7-8-41-27)24(37)11-18(33)9-17-10-22(31)23(32)13-21(17)30/h5-6,10,12-13,15,18,25,27,35H,4,7-9,11,14,33H2,1-3H3,(H,34,38)/t18?,25?,27-/m0/s1. The van der Waals surface area contributed by atoms with Crippen molar-refractivity contribution in [3.63, 3.8) is 0 Å². The average molecular weight is 599 g/mol. The molecule has 0 saturated carbocycles. The van der Waals surface area contributed by atoms with Gasteiger partial charge in [0, 0.05) is 48.6 Å². The highest BCUT2D eigenvalue weighted by Crippen LogP contribution is 2.26. The van der Waals surface area contributed by atoms with Crippen molar-refractivity contribution in [3.8, 4) is 0 Å². The molecule has 0 aromatic heterocycles. The van der Waals surface area contributed by atoms with Gasteiger partial charge in [-0.05, 0) is 43.0 Å². The molecule has 0 spiro atoms. The molecule has 0 aliphatic carbocycles. The lowest BCUT2D eigenvalue weighted by Crippen LogP contribution is -2.46. The summed E-state index contributed by atoms with van der Waals surface area (Å²) in [5.74, 6) is -5.09. The van der Waals surface area contributed by atoms with E-state index in [2.05, 4.69) is 10.6 Å². The maximum Gasteiger partial charge on any atom is 0.328 e. The molecule has 41 heavy (non-hydrogen) atoms. The van der Waals surface area contributed by atoms with Gasteiger partial charge >= 0.3 is 5.97 Å². The number of hydrogen-bond acceptors (Lipinski definition) is 7. The summed E-state index contributed by atoms with van der Waals surface area (Å²) in [6.45, 7) is 5.75. The number of anilines is 1. The van der Waals surface area contributed by atoms with Crippen molar-refractivity contribution in [1.82, 2.24) is 10.2 Å². The fourth-order valence-corrected chi connectivity index (χ4v) is 5.48. The van der Waals surface area contributed by atoms with Gasteiger partial charge in [-0.2, -0.15) is 0 Å². The molecule has 13 heteroatoms. The second-order valence-corrected chi connectivity index (χ2v) is 11.2. The Morgan fingerprint density at radius 2 is 1.73 bits per heavy atom. The number of carbonyl (C=O) groups is 3. The van der Waals surface area contributed by atoms with E-state index in [0.29, 0.717) is 23.6 Å². The Bertz CT molecular complexity index is 1270. The van der Waals surface area contributed by atoms with Gasteiger partial charge in [-0.15, -0.1) is 11.8 Å². The minimum absolute atomic E-state index is 0.104. The quantitative estimate of drug-likeness (QED) is 0.194. The highest BCUT2D eigenvalue weighted by Gasteiger charge is 2.35. The Balaban J connectivity index is 1.56. The predicted octanol–water partition coefficient (Wildman–Crippen LogP) is 3.72. The first-order valence-electron chi connectivity index (χ1n) is 13.2. The topological polar surface area (TPSA) is 114 Å². The van der Waals surface area contributed by atoms with Gasteiger partial charge in [0.25, 0.3) is 5.91 Å². The molecule has 4 N–H and O–H groups in total. The Hall–Kier alpha value is -3.32. The summed E-state index contributed by atoms with van der Waals surface area (Å²) >= 11 is 1.24. The van der Waals surface area contributed by atoms with Crippen molar-refractivity contribution in [2.45, 2.75) is 57.6 Å². The molecule has 1 aliphatic heterocycles. The van der Waals surface area contributed by atoms with Crippen molar-refractivity contribution in [3.05, 3.63) is 64.7 Å². The number of esters is 1. The normalized spacial score (nSPS) is 16.4. The molecular formula is C28H34F4N4O4S. The number of carbonyl (C=O) groups excluding carboxylic acids is 3. The second-order valence-electron chi connectivity index (χ2n) is 9.98. The van der Waals surface area contributed by atoms with Crippen LogP contribution in [0.1, 0.15) is 38.3 Å². The zero-order chi connectivity index (χ0) is 30.3. The van der Waals surface area contributed by atoms with Crippen molar-refractivity contribution in [1.29, 1.82) is 0 Å². The van der Waals surface area contributed by atoms with Gasteiger partial charge in [-0.25, -0.2) is 22.4 Å². The summed E-state index contributed by atoms with van der Waals surface area (Å²) in [6, 6.07) is 3.89. The number of ether oxygens (including phenoxy) is 1. The summed E-state index contributed by atoms with van der Waals surface area (Å²) in [6.07, 6.45) is -0.441. The van der Waals surface area contributed by atoms with Crippen molar-refractivity contribution in [2.24, 2.45) is 11.7 Å². The van der Waals surface area contributed by atoms with Gasteiger partial charge < -0.3 is 26.0 Å². The van der Waals surface area contributed by atoms with E-state index in [1.807, 2.05) is 13.8 Å². The fraction of sp³-hybridized carbons (Fsp3) is 0.464. The number of thioether (sulfide) groups is 1. The maximum absolute atomic E-state index is 14.8. The van der Waals surface area contributed by atoms with E-state index in [1.165, 1.54) is 28.8 Å². The molecular weight excluding hydrogens is 564 g/mol. The largest absolute Gasteiger partial charge is 0.464 e. The van der Waals surface area contributed by atoms with E-state index in [4.69, 9.17) is 10.5 Å². The Labute approximate surface area is 240 Å². The van der Waals surface area contributed by atoms with Gasteiger partial charge in [0.1, 0.15) is 17.7 Å². The Morgan fingerprint density at radius 3 is 2.39 bits per heavy atom. The summed E-state index contributed by atoms with van der Waals surface area (Å²) in [7, 11) is 0. The van der Waals surface area contributed by atoms with E-state index in [0.717, 1.165) is 0 Å². The fourth-order valence-electron chi connectivity index (χ4n) is 4.32. The summed E-state index contributed by atoms with van der Waals surface area (Å²) < 4.78 is 60.5. The van der Waals surface area contributed by atoms with Crippen LogP contribution in [0.25, 0.3) is 0 Å². The number of nitrogens with two attached hydrogens (primary N) is 1. The Kier molecular flexibility index (Phi) is 11.4. The molecule has 3 atom stereocenters. The minimum Gasteiger partial charge on any atom is -0.464 e. The molecule has 2 amide bonds. The molecule has 2 unspecified atom stereocenters. The number of benzene rings is 2. The number of nitrogens with one attached hydrogen (secondary N) is 2. The number of halogens is 4. The first-order valence-corrected chi connectivity index (χ1v) is 14.3. The van der Waals surface area contributed by atoms with Crippen LogP contribution in [-0.2, 0) is 32.1 Å². The van der Waals surface area contributed by atoms with Crippen LogP contribution in [0.2, 0.25) is 0 Å². The minimum atomic E-state index is -1.32. The van der Waals surface area contributed by atoms with E-state index in [1.54, 1.807) is 13.0 Å². The molecule has 1 aliphatic rings. The van der Waals surface area contributed by atoms with Crippen LogP contribution >= 0.6 is 11.8 Å². The monoisotopic (exact) mass is 598 g/mol. The summed E-state index contributed by atoms with van der Waals surface area (Å²) in [4.78, 5) is 39.3. The van der Waals surface area contributed by atoms with E-state index in [9.17, 15) is 31.9 Å². The van der Waals surface area contributed by atoms with Gasteiger partial charge in [-0.1, -0.05) is 19.9 Å². The molecule has 224 valence electrons. The number of hydrogen-bond donors (Lipinski definition) is 3. The molecule has 0 radical (unpaired) electrons. The molecule has 2 aromatic rings. The van der Waals surface area contributed by atoms with Crippen molar-refractivity contribution in [2.75, 3.05) is 24.2 Å². The van der Waals surface area contributed by atoms with Gasteiger partial charge in [0.05, 0.1) is 6.61 Å². The van der Waals surface area contributed by atoms with Crippen LogP contribution in [0.15, 0.2) is 30.3 Å². The van der Waals surface area contributed by atoms with Crippen LogP contribution < -0.4 is 16.4 Å². The zero-order valence-electron chi connectivity index (χ0n) is 23.0. The lowest BCUT2D eigenvalue weighted by Gasteiger charge is -2.25.